The Morgan fingerprint density at radius 2 is 1.85 bits per heavy atom. The third-order valence-corrected chi connectivity index (χ3v) is 7.07. The van der Waals surface area contributed by atoms with Gasteiger partial charge in [0.05, 0.1) is 17.8 Å². The summed E-state index contributed by atoms with van der Waals surface area (Å²) >= 11 is 0. The van der Waals surface area contributed by atoms with Gasteiger partial charge in [-0.15, -0.1) is 0 Å². The molecule has 3 heterocycles. The van der Waals surface area contributed by atoms with Crippen molar-refractivity contribution in [3.05, 3.63) is 77.5 Å². The van der Waals surface area contributed by atoms with Gasteiger partial charge in [0.15, 0.2) is 11.5 Å². The van der Waals surface area contributed by atoms with Crippen molar-refractivity contribution in [1.82, 2.24) is 10.1 Å². The second-order valence-electron chi connectivity index (χ2n) is 9.45. The quantitative estimate of drug-likeness (QED) is 0.497. The lowest BCUT2D eigenvalue weighted by atomic mass is 9.80. The summed E-state index contributed by atoms with van der Waals surface area (Å²) in [7, 11) is 0. The van der Waals surface area contributed by atoms with E-state index in [-0.39, 0.29) is 23.7 Å². The number of aromatic nitrogens is 1. The molecule has 0 N–H and O–H groups in total. The van der Waals surface area contributed by atoms with Gasteiger partial charge >= 0.3 is 0 Å². The molecule has 0 aliphatic carbocycles. The van der Waals surface area contributed by atoms with Crippen LogP contribution in [0.4, 0.5) is 0 Å². The van der Waals surface area contributed by atoms with Gasteiger partial charge in [0.25, 0.3) is 5.91 Å². The van der Waals surface area contributed by atoms with Crippen LogP contribution in [-0.4, -0.2) is 47.4 Å². The van der Waals surface area contributed by atoms with E-state index in [9.17, 15) is 4.79 Å². The van der Waals surface area contributed by atoms with Crippen molar-refractivity contribution in [2.75, 3.05) is 19.7 Å². The first-order valence-electron chi connectivity index (χ1n) is 12.2. The normalized spacial score (nSPS) is 22.1. The maximum atomic E-state index is 13.2. The SMILES string of the molecule is CCOC1CC(c2ccccc2)OC2(CCN(C(=O)c3cc(-c4ccc(C)cc4)on3)CC2)C1. The number of carbonyl (C=O) groups is 1. The number of hydrogen-bond acceptors (Lipinski definition) is 5. The first-order valence-corrected chi connectivity index (χ1v) is 12.2. The zero-order valence-corrected chi connectivity index (χ0v) is 19.9. The molecule has 2 unspecified atom stereocenters. The molecule has 178 valence electrons. The highest BCUT2D eigenvalue weighted by Gasteiger charge is 2.45. The standard InChI is InChI=1S/C28H32N2O4/c1-3-32-23-17-25(21-7-5-4-6-8-21)33-28(19-23)13-15-30(16-14-28)27(31)24-18-26(34-29-24)22-11-9-20(2)10-12-22/h4-12,18,23,25H,3,13-17,19H2,1-2H3. The molecule has 3 aromatic rings. The van der Waals surface area contributed by atoms with Gasteiger partial charge in [-0.1, -0.05) is 65.3 Å². The molecule has 0 radical (unpaired) electrons. The molecule has 6 nitrogen and oxygen atoms in total. The lowest BCUT2D eigenvalue weighted by molar-refractivity contribution is -0.190. The van der Waals surface area contributed by atoms with Crippen LogP contribution in [-0.2, 0) is 9.47 Å². The maximum absolute atomic E-state index is 13.2. The summed E-state index contributed by atoms with van der Waals surface area (Å²) in [5.74, 6) is 0.520. The van der Waals surface area contributed by atoms with Crippen LogP contribution in [0.3, 0.4) is 0 Å². The molecular weight excluding hydrogens is 428 g/mol. The zero-order valence-electron chi connectivity index (χ0n) is 19.9. The van der Waals surface area contributed by atoms with Crippen LogP contribution in [0.1, 0.15) is 60.3 Å². The van der Waals surface area contributed by atoms with E-state index in [0.29, 0.717) is 31.2 Å². The largest absolute Gasteiger partial charge is 0.378 e. The molecule has 2 aliphatic rings. The molecule has 2 aliphatic heterocycles. The number of hydrogen-bond donors (Lipinski definition) is 0. The Kier molecular flexibility index (Phi) is 6.53. The molecular formula is C28H32N2O4. The number of rotatable bonds is 5. The predicted molar refractivity (Wildman–Crippen MR) is 129 cm³/mol. The van der Waals surface area contributed by atoms with Crippen LogP contribution in [0.25, 0.3) is 11.3 Å². The molecule has 2 saturated heterocycles. The van der Waals surface area contributed by atoms with Crippen LogP contribution in [0.2, 0.25) is 0 Å². The van der Waals surface area contributed by atoms with Gasteiger partial charge in [-0.25, -0.2) is 0 Å². The number of nitrogens with zero attached hydrogens (tertiary/aromatic N) is 2. The van der Waals surface area contributed by atoms with Gasteiger partial charge in [0.1, 0.15) is 0 Å². The summed E-state index contributed by atoms with van der Waals surface area (Å²) < 4.78 is 18.3. The molecule has 1 amide bonds. The van der Waals surface area contributed by atoms with E-state index in [0.717, 1.165) is 31.2 Å². The van der Waals surface area contributed by atoms with Crippen LogP contribution >= 0.6 is 0 Å². The molecule has 5 rings (SSSR count). The number of aryl methyl sites for hydroxylation is 1. The van der Waals surface area contributed by atoms with Crippen molar-refractivity contribution in [2.45, 2.75) is 57.3 Å². The fourth-order valence-corrected chi connectivity index (χ4v) is 5.20. The van der Waals surface area contributed by atoms with E-state index in [1.54, 1.807) is 6.07 Å². The van der Waals surface area contributed by atoms with Crippen molar-refractivity contribution in [2.24, 2.45) is 0 Å². The van der Waals surface area contributed by atoms with Crippen molar-refractivity contribution < 1.29 is 18.8 Å². The maximum Gasteiger partial charge on any atom is 0.276 e. The Morgan fingerprint density at radius 1 is 1.12 bits per heavy atom. The van der Waals surface area contributed by atoms with Crippen LogP contribution in [0.15, 0.2) is 65.2 Å². The van der Waals surface area contributed by atoms with E-state index in [4.69, 9.17) is 14.0 Å². The summed E-state index contributed by atoms with van der Waals surface area (Å²) in [4.78, 5) is 15.0. The first-order chi connectivity index (χ1) is 16.5. The van der Waals surface area contributed by atoms with Gasteiger partial charge in [-0.3, -0.25) is 4.79 Å². The van der Waals surface area contributed by atoms with E-state index < -0.39 is 0 Å². The topological polar surface area (TPSA) is 64.8 Å². The Balaban J connectivity index is 1.26. The third kappa shape index (κ3) is 4.79. The lowest BCUT2D eigenvalue weighted by Gasteiger charge is -2.48. The third-order valence-electron chi connectivity index (χ3n) is 7.07. The van der Waals surface area contributed by atoms with Crippen molar-refractivity contribution in [3.63, 3.8) is 0 Å². The monoisotopic (exact) mass is 460 g/mol. The predicted octanol–water partition coefficient (Wildman–Crippen LogP) is 5.58. The van der Waals surface area contributed by atoms with E-state index in [1.807, 2.05) is 49.1 Å². The Labute approximate surface area is 200 Å². The average molecular weight is 461 g/mol. The fourth-order valence-electron chi connectivity index (χ4n) is 5.20. The van der Waals surface area contributed by atoms with Crippen LogP contribution in [0.5, 0.6) is 0 Å². The number of benzene rings is 2. The molecule has 1 aromatic heterocycles. The Hall–Kier alpha value is -2.96. The summed E-state index contributed by atoms with van der Waals surface area (Å²) in [5, 5.41) is 4.06. The molecule has 2 atom stereocenters. The highest BCUT2D eigenvalue weighted by atomic mass is 16.5. The number of piperidine rings is 1. The Morgan fingerprint density at radius 3 is 2.56 bits per heavy atom. The molecule has 1 spiro atoms. The average Bonchev–Trinajstić information content (AvgIpc) is 3.35. The van der Waals surface area contributed by atoms with E-state index in [1.165, 1.54) is 11.1 Å². The van der Waals surface area contributed by atoms with E-state index in [2.05, 4.69) is 29.4 Å². The summed E-state index contributed by atoms with van der Waals surface area (Å²) in [6, 6.07) is 20.1. The number of carbonyl (C=O) groups excluding carboxylic acids is 1. The number of amides is 1. The van der Waals surface area contributed by atoms with Crippen molar-refractivity contribution in [3.8, 4) is 11.3 Å². The van der Waals surface area contributed by atoms with Gasteiger partial charge in [-0.2, -0.15) is 0 Å². The lowest BCUT2D eigenvalue weighted by Crippen LogP contribution is -2.52. The molecule has 2 fully saturated rings. The minimum Gasteiger partial charge on any atom is -0.378 e. The highest BCUT2D eigenvalue weighted by molar-refractivity contribution is 5.93. The fraction of sp³-hybridized carbons (Fsp3) is 0.429. The van der Waals surface area contributed by atoms with Crippen molar-refractivity contribution >= 4 is 5.91 Å². The number of ether oxygens (including phenoxy) is 2. The summed E-state index contributed by atoms with van der Waals surface area (Å²) in [6.07, 6.45) is 3.49. The van der Waals surface area contributed by atoms with Gasteiger partial charge < -0.3 is 18.9 Å². The minimum absolute atomic E-state index is 0.0151. The molecule has 0 bridgehead atoms. The Bertz CT molecular complexity index is 1100. The van der Waals surface area contributed by atoms with Gasteiger partial charge in [0, 0.05) is 44.2 Å². The molecule has 2 aromatic carbocycles. The van der Waals surface area contributed by atoms with Crippen LogP contribution in [0, 0.1) is 6.92 Å². The summed E-state index contributed by atoms with van der Waals surface area (Å²) in [5.41, 5.74) is 3.36. The molecule has 6 heteroatoms. The van der Waals surface area contributed by atoms with E-state index >= 15 is 0 Å². The van der Waals surface area contributed by atoms with Crippen LogP contribution < -0.4 is 0 Å². The van der Waals surface area contributed by atoms with Crippen molar-refractivity contribution in [1.29, 1.82) is 0 Å². The molecule has 0 saturated carbocycles. The first kappa shape index (κ1) is 22.8. The second kappa shape index (κ2) is 9.72. The van der Waals surface area contributed by atoms with Gasteiger partial charge in [-0.05, 0) is 32.3 Å². The smallest absolute Gasteiger partial charge is 0.276 e. The summed E-state index contributed by atoms with van der Waals surface area (Å²) in [6.45, 7) is 6.04. The second-order valence-corrected chi connectivity index (χ2v) is 9.45. The minimum atomic E-state index is -0.272. The van der Waals surface area contributed by atoms with Gasteiger partial charge in [0.2, 0.25) is 0 Å². The highest BCUT2D eigenvalue weighted by Crippen LogP contribution is 2.44. The number of likely N-dealkylation sites (tertiary alicyclic amines) is 1. The molecule has 34 heavy (non-hydrogen) atoms. The zero-order chi connectivity index (χ0) is 23.5.